The summed E-state index contributed by atoms with van der Waals surface area (Å²) in [5, 5.41) is 19.9. The summed E-state index contributed by atoms with van der Waals surface area (Å²) in [5.74, 6) is -1.35. The molecule has 8 heteroatoms. The molecule has 0 atom stereocenters. The number of hydrogen-bond donors (Lipinski definition) is 2. The van der Waals surface area contributed by atoms with E-state index in [0.717, 1.165) is 0 Å². The van der Waals surface area contributed by atoms with Gasteiger partial charge in [0, 0.05) is 17.0 Å². The predicted molar refractivity (Wildman–Crippen MR) is 89.3 cm³/mol. The summed E-state index contributed by atoms with van der Waals surface area (Å²) in [6.45, 7) is 0. The Morgan fingerprint density at radius 2 is 1.45 bits per heavy atom. The van der Waals surface area contributed by atoms with Crippen LogP contribution in [0.15, 0.2) is 18.2 Å². The number of phenolic OH excluding ortho intramolecular Hbond substituents is 2. The molecule has 2 aromatic rings. The largest absolute Gasteiger partial charge is 0.506 e. The molecular weight excluding hydrogens is 393 g/mol. The van der Waals surface area contributed by atoms with Crippen molar-refractivity contribution in [1.82, 2.24) is 0 Å². The van der Waals surface area contributed by atoms with Crippen LogP contribution in [0.25, 0.3) is 0 Å². The fourth-order valence-corrected chi connectivity index (χ4v) is 3.10. The third kappa shape index (κ3) is 3.39. The van der Waals surface area contributed by atoms with Crippen LogP contribution in [0.5, 0.6) is 11.5 Å². The molecule has 0 spiro atoms. The number of carbonyl (C=O) groups excluding carboxylic acids is 1. The Morgan fingerprint density at radius 3 is 2.09 bits per heavy atom. The maximum absolute atomic E-state index is 12.4. The second-order valence-corrected chi connectivity index (χ2v) is 6.41. The topological polar surface area (TPSA) is 57.5 Å². The molecule has 0 aliphatic heterocycles. The highest BCUT2D eigenvalue weighted by Crippen LogP contribution is 2.40. The van der Waals surface area contributed by atoms with E-state index in [-0.39, 0.29) is 48.4 Å². The van der Waals surface area contributed by atoms with E-state index >= 15 is 0 Å². The molecule has 2 aromatic carbocycles. The third-order valence-electron chi connectivity index (χ3n) is 2.88. The van der Waals surface area contributed by atoms with Crippen LogP contribution in [0.4, 0.5) is 0 Å². The Morgan fingerprint density at radius 1 is 0.864 bits per heavy atom. The Bertz CT molecular complexity index is 748. The van der Waals surface area contributed by atoms with Gasteiger partial charge in [-0.25, -0.2) is 0 Å². The minimum Gasteiger partial charge on any atom is -0.506 e. The van der Waals surface area contributed by atoms with Gasteiger partial charge in [-0.05, 0) is 18.2 Å². The number of rotatable bonds is 3. The molecular formula is C14H7Cl5O3. The van der Waals surface area contributed by atoms with Crippen molar-refractivity contribution < 1.29 is 15.0 Å². The molecule has 2 N–H and O–H groups in total. The van der Waals surface area contributed by atoms with Gasteiger partial charge in [-0.2, -0.15) is 0 Å². The fraction of sp³-hybridized carbons (Fsp3) is 0.0714. The van der Waals surface area contributed by atoms with Crippen molar-refractivity contribution in [3.8, 4) is 11.5 Å². The lowest BCUT2D eigenvalue weighted by molar-refractivity contribution is 0.0989. The predicted octanol–water partition coefficient (Wildman–Crippen LogP) is 5.79. The first-order chi connectivity index (χ1) is 10.2. The van der Waals surface area contributed by atoms with Crippen LogP contribution < -0.4 is 0 Å². The number of phenols is 2. The van der Waals surface area contributed by atoms with Gasteiger partial charge in [0.05, 0.1) is 25.7 Å². The van der Waals surface area contributed by atoms with Gasteiger partial charge in [0.2, 0.25) is 0 Å². The zero-order chi connectivity index (χ0) is 16.6. The van der Waals surface area contributed by atoms with E-state index in [2.05, 4.69) is 0 Å². The summed E-state index contributed by atoms with van der Waals surface area (Å²) in [6, 6.07) is 3.95. The monoisotopic (exact) mass is 398 g/mol. The van der Waals surface area contributed by atoms with Gasteiger partial charge in [-0.15, -0.1) is 0 Å². The molecule has 0 amide bonds. The Hall–Kier alpha value is -0.840. The van der Waals surface area contributed by atoms with Crippen molar-refractivity contribution >= 4 is 63.8 Å². The maximum Gasteiger partial charge on any atom is 0.172 e. The average Bonchev–Trinajstić information content (AvgIpc) is 2.42. The summed E-state index contributed by atoms with van der Waals surface area (Å²) < 4.78 is 0. The fourth-order valence-electron chi connectivity index (χ4n) is 1.86. The lowest BCUT2D eigenvalue weighted by Gasteiger charge is -2.11. The summed E-state index contributed by atoms with van der Waals surface area (Å²) in [7, 11) is 0. The maximum atomic E-state index is 12.4. The number of carbonyl (C=O) groups is 1. The first-order valence-corrected chi connectivity index (χ1v) is 7.68. The van der Waals surface area contributed by atoms with E-state index in [1.54, 1.807) is 0 Å². The SMILES string of the molecule is O=C(Cc1cc(Cl)cc(Cl)c1O)c1c(O)c(Cl)cc(Cl)c1Cl. The second kappa shape index (κ2) is 6.73. The molecule has 0 aliphatic carbocycles. The number of Topliss-reactive ketones (excluding diaryl/α,β-unsaturated/α-hetero) is 1. The highest BCUT2D eigenvalue weighted by atomic mass is 35.5. The molecule has 0 saturated heterocycles. The standard InChI is InChI=1S/C14H7Cl5O3/c15-6-1-5(13(21)8(17)3-6)2-10(20)11-12(19)7(16)4-9(18)14(11)22/h1,3-4,21-22H,2H2. The van der Waals surface area contributed by atoms with Gasteiger partial charge in [0.1, 0.15) is 11.5 Å². The number of benzene rings is 2. The molecule has 3 nitrogen and oxygen atoms in total. The zero-order valence-corrected chi connectivity index (χ0v) is 14.4. The molecule has 116 valence electrons. The van der Waals surface area contributed by atoms with Gasteiger partial charge in [-0.3, -0.25) is 4.79 Å². The lowest BCUT2D eigenvalue weighted by atomic mass is 10.0. The Balaban J connectivity index is 2.47. The van der Waals surface area contributed by atoms with Crippen LogP contribution in [0, 0.1) is 0 Å². The van der Waals surface area contributed by atoms with Crippen molar-refractivity contribution in [2.45, 2.75) is 6.42 Å². The Kier molecular flexibility index (Phi) is 5.36. The van der Waals surface area contributed by atoms with Crippen LogP contribution in [-0.4, -0.2) is 16.0 Å². The number of hydrogen-bond acceptors (Lipinski definition) is 3. The van der Waals surface area contributed by atoms with Gasteiger partial charge < -0.3 is 10.2 Å². The second-order valence-electron chi connectivity index (χ2n) is 4.37. The smallest absolute Gasteiger partial charge is 0.172 e. The molecule has 0 fully saturated rings. The molecule has 0 aliphatic rings. The van der Waals surface area contributed by atoms with Crippen molar-refractivity contribution in [3.63, 3.8) is 0 Å². The summed E-state index contributed by atoms with van der Waals surface area (Å²) >= 11 is 29.2. The zero-order valence-electron chi connectivity index (χ0n) is 10.6. The highest BCUT2D eigenvalue weighted by Gasteiger charge is 2.22. The molecule has 0 bridgehead atoms. The normalized spacial score (nSPS) is 10.8. The summed E-state index contributed by atoms with van der Waals surface area (Å²) in [6.07, 6.45) is -0.296. The number of aromatic hydroxyl groups is 2. The van der Waals surface area contributed by atoms with E-state index in [0.29, 0.717) is 0 Å². The summed E-state index contributed by atoms with van der Waals surface area (Å²) in [5.41, 5.74) is -0.0382. The van der Waals surface area contributed by atoms with E-state index in [4.69, 9.17) is 58.0 Å². The lowest BCUT2D eigenvalue weighted by Crippen LogP contribution is -2.06. The van der Waals surface area contributed by atoms with E-state index in [1.165, 1.54) is 18.2 Å². The van der Waals surface area contributed by atoms with E-state index in [9.17, 15) is 15.0 Å². The first-order valence-electron chi connectivity index (χ1n) is 5.79. The molecule has 0 unspecified atom stereocenters. The van der Waals surface area contributed by atoms with E-state index < -0.39 is 11.5 Å². The van der Waals surface area contributed by atoms with Crippen molar-refractivity contribution in [3.05, 3.63) is 54.4 Å². The van der Waals surface area contributed by atoms with Crippen molar-refractivity contribution in [1.29, 1.82) is 0 Å². The average molecular weight is 400 g/mol. The van der Waals surface area contributed by atoms with Gasteiger partial charge >= 0.3 is 0 Å². The highest BCUT2D eigenvalue weighted by molar-refractivity contribution is 6.46. The number of ketones is 1. The molecule has 0 heterocycles. The van der Waals surface area contributed by atoms with Crippen LogP contribution in [0.2, 0.25) is 25.1 Å². The van der Waals surface area contributed by atoms with Crippen LogP contribution in [-0.2, 0) is 6.42 Å². The van der Waals surface area contributed by atoms with Crippen LogP contribution in [0.1, 0.15) is 15.9 Å². The van der Waals surface area contributed by atoms with Gasteiger partial charge in [0.25, 0.3) is 0 Å². The van der Waals surface area contributed by atoms with Crippen molar-refractivity contribution in [2.24, 2.45) is 0 Å². The minimum absolute atomic E-state index is 0.00902. The molecule has 2 rings (SSSR count). The van der Waals surface area contributed by atoms with E-state index in [1.807, 2.05) is 0 Å². The Labute approximate surface area is 150 Å². The number of halogens is 5. The van der Waals surface area contributed by atoms with Crippen LogP contribution in [0.3, 0.4) is 0 Å². The molecule has 22 heavy (non-hydrogen) atoms. The quantitative estimate of drug-likeness (QED) is 0.506. The summed E-state index contributed by atoms with van der Waals surface area (Å²) in [4.78, 5) is 12.4. The third-order valence-corrected chi connectivity index (χ3v) is 4.46. The van der Waals surface area contributed by atoms with Crippen molar-refractivity contribution in [2.75, 3.05) is 0 Å². The van der Waals surface area contributed by atoms with Gasteiger partial charge in [-0.1, -0.05) is 58.0 Å². The minimum atomic E-state index is -0.597. The van der Waals surface area contributed by atoms with Gasteiger partial charge in [0.15, 0.2) is 5.78 Å². The molecule has 0 saturated carbocycles. The molecule has 0 aromatic heterocycles. The first kappa shape index (κ1) is 17.5. The molecule has 0 radical (unpaired) electrons. The van der Waals surface area contributed by atoms with Crippen LogP contribution >= 0.6 is 58.0 Å².